The van der Waals surface area contributed by atoms with Crippen LogP contribution in [0.2, 0.25) is 0 Å². The minimum atomic E-state index is -0.335. The van der Waals surface area contributed by atoms with Crippen LogP contribution in [0, 0.1) is 0 Å². The molecule has 4 aromatic rings. The molecular weight excluding hydrogens is 356 g/mol. The Bertz CT molecular complexity index is 1240. The molecule has 1 amide bonds. The molecule has 8 nitrogen and oxygen atoms in total. The molecule has 0 bridgehead atoms. The normalized spacial score (nSPS) is 13.6. The molecule has 0 unspecified atom stereocenters. The lowest BCUT2D eigenvalue weighted by atomic mass is 10.1. The van der Waals surface area contributed by atoms with Gasteiger partial charge >= 0.3 is 0 Å². The average Bonchev–Trinajstić information content (AvgIpc) is 3.44. The van der Waals surface area contributed by atoms with E-state index in [2.05, 4.69) is 25.8 Å². The molecule has 1 aliphatic rings. The molecule has 0 radical (unpaired) electrons. The van der Waals surface area contributed by atoms with Crippen LogP contribution in [0.1, 0.15) is 29.2 Å². The second-order valence-corrected chi connectivity index (χ2v) is 6.80. The Hall–Kier alpha value is -3.81. The standard InChI is InChI=1S/C20H16N6O2/c27-18-11-16(15-3-1-2-4-17(15)22-18)20(28)21-13-7-5-12(6-8-13)19-23-24-25-26(19)14-9-10-14/h1-8,11,14H,9-10H2,(H,21,28)(H,22,27). The molecule has 0 spiro atoms. The average molecular weight is 372 g/mol. The van der Waals surface area contributed by atoms with Gasteiger partial charge in [-0.05, 0) is 53.6 Å². The number of carbonyl (C=O) groups excluding carboxylic acids is 1. The topological polar surface area (TPSA) is 106 Å². The number of hydrogen-bond donors (Lipinski definition) is 2. The van der Waals surface area contributed by atoms with Crippen molar-refractivity contribution in [1.82, 2.24) is 25.2 Å². The van der Waals surface area contributed by atoms with Gasteiger partial charge in [-0.2, -0.15) is 0 Å². The van der Waals surface area contributed by atoms with E-state index in [0.717, 1.165) is 24.2 Å². The van der Waals surface area contributed by atoms with Gasteiger partial charge in [-0.3, -0.25) is 9.59 Å². The first-order chi connectivity index (χ1) is 13.7. The molecule has 8 heteroatoms. The number of carbonyl (C=O) groups is 1. The number of anilines is 1. The number of H-pyrrole nitrogens is 1. The molecule has 2 aromatic heterocycles. The number of amides is 1. The second kappa shape index (κ2) is 6.41. The van der Waals surface area contributed by atoms with Crippen molar-refractivity contribution in [3.63, 3.8) is 0 Å². The van der Waals surface area contributed by atoms with E-state index in [0.29, 0.717) is 28.2 Å². The van der Waals surface area contributed by atoms with Crippen molar-refractivity contribution in [1.29, 1.82) is 0 Å². The smallest absolute Gasteiger partial charge is 0.256 e. The van der Waals surface area contributed by atoms with E-state index in [1.165, 1.54) is 6.07 Å². The van der Waals surface area contributed by atoms with Gasteiger partial charge in [0.2, 0.25) is 5.56 Å². The van der Waals surface area contributed by atoms with Gasteiger partial charge < -0.3 is 10.3 Å². The van der Waals surface area contributed by atoms with E-state index in [1.54, 1.807) is 24.3 Å². The van der Waals surface area contributed by atoms with E-state index in [-0.39, 0.29) is 11.5 Å². The van der Waals surface area contributed by atoms with Crippen LogP contribution >= 0.6 is 0 Å². The summed E-state index contributed by atoms with van der Waals surface area (Å²) >= 11 is 0. The van der Waals surface area contributed by atoms with Crippen LogP contribution in [0.15, 0.2) is 59.4 Å². The van der Waals surface area contributed by atoms with Crippen molar-refractivity contribution in [3.8, 4) is 11.4 Å². The molecule has 138 valence electrons. The molecule has 28 heavy (non-hydrogen) atoms. The fourth-order valence-electron chi connectivity index (χ4n) is 3.24. The fourth-order valence-corrected chi connectivity index (χ4v) is 3.24. The summed E-state index contributed by atoms with van der Waals surface area (Å²) in [5, 5.41) is 15.5. The Morgan fingerprint density at radius 1 is 1.11 bits per heavy atom. The number of para-hydroxylation sites is 1. The number of benzene rings is 2. The van der Waals surface area contributed by atoms with Crippen LogP contribution < -0.4 is 10.9 Å². The monoisotopic (exact) mass is 372 g/mol. The third-order valence-electron chi connectivity index (χ3n) is 4.78. The maximum atomic E-state index is 12.7. The lowest BCUT2D eigenvalue weighted by Crippen LogP contribution is -2.16. The summed E-state index contributed by atoms with van der Waals surface area (Å²) in [6.45, 7) is 0. The SMILES string of the molecule is O=C(Nc1ccc(-c2nnnn2C2CC2)cc1)c1cc(=O)[nH]c2ccccc12. The number of fused-ring (bicyclic) bond motifs is 1. The molecule has 1 saturated carbocycles. The maximum Gasteiger partial charge on any atom is 0.256 e. The van der Waals surface area contributed by atoms with Crippen LogP contribution in [0.3, 0.4) is 0 Å². The molecule has 0 atom stereocenters. The number of aromatic nitrogens is 5. The number of hydrogen-bond acceptors (Lipinski definition) is 5. The van der Waals surface area contributed by atoms with Crippen LogP contribution in [-0.2, 0) is 0 Å². The second-order valence-electron chi connectivity index (χ2n) is 6.80. The lowest BCUT2D eigenvalue weighted by Gasteiger charge is -2.09. The Morgan fingerprint density at radius 3 is 2.68 bits per heavy atom. The zero-order chi connectivity index (χ0) is 19.1. The summed E-state index contributed by atoms with van der Waals surface area (Å²) in [6, 6.07) is 16.3. The summed E-state index contributed by atoms with van der Waals surface area (Å²) in [4.78, 5) is 27.4. The van der Waals surface area contributed by atoms with Gasteiger partial charge in [0.15, 0.2) is 5.82 Å². The minimum absolute atomic E-state index is 0.314. The number of aromatic amines is 1. The zero-order valence-electron chi connectivity index (χ0n) is 14.8. The Balaban J connectivity index is 1.42. The maximum absolute atomic E-state index is 12.7. The molecule has 5 rings (SSSR count). The molecular formula is C20H16N6O2. The molecule has 2 heterocycles. The Labute approximate surface area is 159 Å². The number of rotatable bonds is 4. The van der Waals surface area contributed by atoms with Crippen molar-refractivity contribution in [2.75, 3.05) is 5.32 Å². The summed E-state index contributed by atoms with van der Waals surface area (Å²) in [7, 11) is 0. The first-order valence-electron chi connectivity index (χ1n) is 9.01. The van der Waals surface area contributed by atoms with Gasteiger partial charge in [-0.1, -0.05) is 18.2 Å². The van der Waals surface area contributed by atoms with Gasteiger partial charge in [0.25, 0.3) is 5.91 Å². The van der Waals surface area contributed by atoms with Crippen molar-refractivity contribution < 1.29 is 4.79 Å². The number of tetrazole rings is 1. The summed E-state index contributed by atoms with van der Waals surface area (Å²) in [5.74, 6) is 0.388. The highest BCUT2D eigenvalue weighted by molar-refractivity contribution is 6.12. The Kier molecular flexibility index (Phi) is 3.75. The summed E-state index contributed by atoms with van der Waals surface area (Å²) in [5.41, 5.74) is 2.16. The Morgan fingerprint density at radius 2 is 1.89 bits per heavy atom. The highest BCUT2D eigenvalue weighted by Crippen LogP contribution is 2.36. The number of nitrogens with zero attached hydrogens (tertiary/aromatic N) is 4. The quantitative estimate of drug-likeness (QED) is 0.573. The van der Waals surface area contributed by atoms with Crippen molar-refractivity contribution in [2.24, 2.45) is 0 Å². The minimum Gasteiger partial charge on any atom is -0.322 e. The van der Waals surface area contributed by atoms with Gasteiger partial charge in [-0.15, -0.1) is 5.10 Å². The van der Waals surface area contributed by atoms with Crippen molar-refractivity contribution in [3.05, 3.63) is 70.5 Å². The molecule has 1 fully saturated rings. The van der Waals surface area contributed by atoms with E-state index in [9.17, 15) is 9.59 Å². The fraction of sp³-hybridized carbons (Fsp3) is 0.150. The molecule has 2 N–H and O–H groups in total. The van der Waals surface area contributed by atoms with Gasteiger partial charge in [0.1, 0.15) is 0 Å². The van der Waals surface area contributed by atoms with Gasteiger partial charge in [0.05, 0.1) is 11.6 Å². The lowest BCUT2D eigenvalue weighted by molar-refractivity contribution is 0.102. The number of pyridine rings is 1. The predicted octanol–water partition coefficient (Wildman–Crippen LogP) is 2.77. The highest BCUT2D eigenvalue weighted by Gasteiger charge is 2.28. The number of nitrogens with one attached hydrogen (secondary N) is 2. The van der Waals surface area contributed by atoms with E-state index >= 15 is 0 Å². The van der Waals surface area contributed by atoms with Crippen LogP contribution in [-0.4, -0.2) is 31.1 Å². The van der Waals surface area contributed by atoms with Crippen LogP contribution in [0.5, 0.6) is 0 Å². The van der Waals surface area contributed by atoms with Crippen molar-refractivity contribution >= 4 is 22.5 Å². The zero-order valence-corrected chi connectivity index (χ0v) is 14.8. The molecule has 0 saturated heterocycles. The summed E-state index contributed by atoms with van der Waals surface area (Å²) in [6.07, 6.45) is 2.19. The van der Waals surface area contributed by atoms with Crippen LogP contribution in [0.25, 0.3) is 22.3 Å². The third kappa shape index (κ3) is 2.94. The molecule has 0 aliphatic heterocycles. The van der Waals surface area contributed by atoms with Gasteiger partial charge in [0, 0.05) is 28.2 Å². The first-order valence-corrected chi connectivity index (χ1v) is 9.01. The largest absolute Gasteiger partial charge is 0.322 e. The van der Waals surface area contributed by atoms with Gasteiger partial charge in [-0.25, -0.2) is 4.68 Å². The van der Waals surface area contributed by atoms with Crippen molar-refractivity contribution in [2.45, 2.75) is 18.9 Å². The highest BCUT2D eigenvalue weighted by atomic mass is 16.2. The van der Waals surface area contributed by atoms with Crippen LogP contribution in [0.4, 0.5) is 5.69 Å². The third-order valence-corrected chi connectivity index (χ3v) is 4.78. The first kappa shape index (κ1) is 16.4. The predicted molar refractivity (Wildman–Crippen MR) is 104 cm³/mol. The molecule has 2 aromatic carbocycles. The molecule has 1 aliphatic carbocycles. The summed E-state index contributed by atoms with van der Waals surface area (Å²) < 4.78 is 1.84. The van der Waals surface area contributed by atoms with E-state index < -0.39 is 0 Å². The van der Waals surface area contributed by atoms with E-state index in [4.69, 9.17) is 0 Å². The van der Waals surface area contributed by atoms with E-state index in [1.807, 2.05) is 28.9 Å².